The lowest BCUT2D eigenvalue weighted by Crippen LogP contribution is -2.52. The van der Waals surface area contributed by atoms with Crippen molar-refractivity contribution in [3.8, 4) is 0 Å². The molecule has 2 unspecified atom stereocenters. The van der Waals surface area contributed by atoms with Crippen LogP contribution in [0.15, 0.2) is 0 Å². The molecule has 0 rings (SSSR count). The van der Waals surface area contributed by atoms with E-state index in [2.05, 4.69) is 5.32 Å². The van der Waals surface area contributed by atoms with Gasteiger partial charge in [0.25, 0.3) is 6.43 Å². The Kier molecular flexibility index (Phi) is 8.84. The van der Waals surface area contributed by atoms with Gasteiger partial charge < -0.3 is 14.8 Å². The highest BCUT2D eigenvalue weighted by Gasteiger charge is 2.36. The Balaban J connectivity index is 4.51. The third-order valence-corrected chi connectivity index (χ3v) is 2.69. The molecule has 0 saturated carbocycles. The molecule has 0 heterocycles. The van der Waals surface area contributed by atoms with Crippen LogP contribution in [0.25, 0.3) is 0 Å². The van der Waals surface area contributed by atoms with Crippen LogP contribution in [0.4, 0.5) is 8.78 Å². The summed E-state index contributed by atoms with van der Waals surface area (Å²) in [4.78, 5) is 12.0. The zero-order valence-corrected chi connectivity index (χ0v) is 12.2. The Morgan fingerprint density at radius 2 is 2.00 bits per heavy atom. The summed E-state index contributed by atoms with van der Waals surface area (Å²) >= 11 is 0. The summed E-state index contributed by atoms with van der Waals surface area (Å²) in [7, 11) is 0. The lowest BCUT2D eigenvalue weighted by atomic mass is 9.94. The van der Waals surface area contributed by atoms with Gasteiger partial charge in [-0.3, -0.25) is 4.79 Å². The fourth-order valence-corrected chi connectivity index (χ4v) is 1.79. The average molecular weight is 281 g/mol. The predicted octanol–water partition coefficient (Wildman–Crippen LogP) is 2.37. The maximum Gasteiger partial charge on any atom is 0.326 e. The Labute approximate surface area is 113 Å². The molecule has 0 saturated heterocycles. The molecule has 1 N–H and O–H groups in total. The van der Waals surface area contributed by atoms with Crippen LogP contribution >= 0.6 is 0 Å². The molecular weight excluding hydrogens is 256 g/mol. The monoisotopic (exact) mass is 281 g/mol. The lowest BCUT2D eigenvalue weighted by Gasteiger charge is -2.31. The van der Waals surface area contributed by atoms with Crippen LogP contribution in [0, 0.1) is 0 Å². The summed E-state index contributed by atoms with van der Waals surface area (Å²) in [5.41, 5.74) is -0.909. The van der Waals surface area contributed by atoms with Crippen LogP contribution in [-0.4, -0.2) is 43.8 Å². The molecule has 2 atom stereocenters. The molecule has 0 spiro atoms. The summed E-state index contributed by atoms with van der Waals surface area (Å²) in [5, 5.41) is 3.11. The van der Waals surface area contributed by atoms with Gasteiger partial charge in [-0.05, 0) is 33.7 Å². The third-order valence-electron chi connectivity index (χ3n) is 2.69. The van der Waals surface area contributed by atoms with Gasteiger partial charge in [-0.1, -0.05) is 6.92 Å². The van der Waals surface area contributed by atoms with Crippen LogP contribution in [0.3, 0.4) is 0 Å². The van der Waals surface area contributed by atoms with Crippen LogP contribution in [-0.2, 0) is 14.3 Å². The molecule has 19 heavy (non-hydrogen) atoms. The SMILES string of the molecule is CCCNC(C)(CC(C)OCC(F)F)C(=O)OCC. The van der Waals surface area contributed by atoms with Crippen molar-refractivity contribution in [1.82, 2.24) is 5.32 Å². The molecule has 0 aliphatic rings. The minimum absolute atomic E-state index is 0.286. The van der Waals surface area contributed by atoms with E-state index < -0.39 is 24.7 Å². The first kappa shape index (κ1) is 18.2. The normalized spacial score (nSPS) is 16.2. The van der Waals surface area contributed by atoms with Crippen molar-refractivity contribution in [2.45, 2.75) is 58.6 Å². The van der Waals surface area contributed by atoms with Crippen molar-refractivity contribution >= 4 is 5.97 Å². The molecule has 0 amide bonds. The number of hydrogen-bond acceptors (Lipinski definition) is 4. The Bertz CT molecular complexity index is 264. The molecule has 0 aromatic carbocycles. The minimum Gasteiger partial charge on any atom is -0.465 e. The molecule has 6 heteroatoms. The fraction of sp³-hybridized carbons (Fsp3) is 0.923. The molecule has 4 nitrogen and oxygen atoms in total. The van der Waals surface area contributed by atoms with Crippen molar-refractivity contribution in [3.05, 3.63) is 0 Å². The van der Waals surface area contributed by atoms with E-state index >= 15 is 0 Å². The molecule has 0 aromatic rings. The van der Waals surface area contributed by atoms with Crippen molar-refractivity contribution in [2.24, 2.45) is 0 Å². The van der Waals surface area contributed by atoms with Crippen LogP contribution in [0.2, 0.25) is 0 Å². The molecule has 0 radical (unpaired) electrons. The first-order chi connectivity index (χ1) is 8.85. The smallest absolute Gasteiger partial charge is 0.326 e. The second-order valence-corrected chi connectivity index (χ2v) is 4.72. The molecular formula is C13H25F2NO3. The number of alkyl halides is 2. The zero-order valence-electron chi connectivity index (χ0n) is 12.2. The summed E-state index contributed by atoms with van der Waals surface area (Å²) in [6.45, 7) is 7.42. The van der Waals surface area contributed by atoms with Crippen molar-refractivity contribution < 1.29 is 23.0 Å². The fourth-order valence-electron chi connectivity index (χ4n) is 1.79. The highest BCUT2D eigenvalue weighted by atomic mass is 19.3. The molecule has 0 aliphatic heterocycles. The minimum atomic E-state index is -2.50. The van der Waals surface area contributed by atoms with E-state index in [0.29, 0.717) is 13.0 Å². The molecule has 0 bridgehead atoms. The van der Waals surface area contributed by atoms with Gasteiger partial charge >= 0.3 is 5.97 Å². The number of halogens is 2. The standard InChI is InChI=1S/C13H25F2NO3/c1-5-7-16-13(4,12(17)18-6-2)8-10(3)19-9-11(14)15/h10-11,16H,5-9H2,1-4H3. The predicted molar refractivity (Wildman–Crippen MR) is 69.4 cm³/mol. The second-order valence-electron chi connectivity index (χ2n) is 4.72. The van der Waals surface area contributed by atoms with Gasteiger partial charge in [0.15, 0.2) is 0 Å². The van der Waals surface area contributed by atoms with Gasteiger partial charge in [-0.25, -0.2) is 8.78 Å². The molecule has 0 aromatic heterocycles. The Morgan fingerprint density at radius 3 is 2.47 bits per heavy atom. The summed E-state index contributed by atoms with van der Waals surface area (Å²) in [6.07, 6.45) is -1.80. The summed E-state index contributed by atoms with van der Waals surface area (Å²) in [6, 6.07) is 0. The summed E-state index contributed by atoms with van der Waals surface area (Å²) in [5.74, 6) is -0.379. The van der Waals surface area contributed by atoms with Crippen LogP contribution < -0.4 is 5.32 Å². The first-order valence-electron chi connectivity index (χ1n) is 6.67. The first-order valence-corrected chi connectivity index (χ1v) is 6.67. The van der Waals surface area contributed by atoms with Gasteiger partial charge in [0.2, 0.25) is 0 Å². The lowest BCUT2D eigenvalue weighted by molar-refractivity contribution is -0.152. The highest BCUT2D eigenvalue weighted by Crippen LogP contribution is 2.17. The molecule has 0 fully saturated rings. The maximum atomic E-state index is 12.1. The number of ether oxygens (including phenoxy) is 2. The van der Waals surface area contributed by atoms with Gasteiger partial charge in [-0.2, -0.15) is 0 Å². The number of rotatable bonds is 10. The van der Waals surface area contributed by atoms with Crippen molar-refractivity contribution in [2.75, 3.05) is 19.8 Å². The van der Waals surface area contributed by atoms with Gasteiger partial charge in [0.1, 0.15) is 12.1 Å². The largest absolute Gasteiger partial charge is 0.465 e. The van der Waals surface area contributed by atoms with Crippen LogP contribution in [0.1, 0.15) is 40.5 Å². The quantitative estimate of drug-likeness (QED) is 0.625. The van der Waals surface area contributed by atoms with Crippen molar-refractivity contribution in [3.63, 3.8) is 0 Å². The number of esters is 1. The molecule has 0 aliphatic carbocycles. The van der Waals surface area contributed by atoms with Gasteiger partial charge in [0.05, 0.1) is 12.7 Å². The third kappa shape index (κ3) is 7.42. The topological polar surface area (TPSA) is 47.6 Å². The number of nitrogens with one attached hydrogen (secondary N) is 1. The second kappa shape index (κ2) is 9.20. The van der Waals surface area contributed by atoms with E-state index in [4.69, 9.17) is 9.47 Å². The van der Waals surface area contributed by atoms with E-state index in [0.717, 1.165) is 6.42 Å². The van der Waals surface area contributed by atoms with E-state index in [-0.39, 0.29) is 12.6 Å². The summed E-state index contributed by atoms with van der Waals surface area (Å²) < 4.78 is 34.2. The van der Waals surface area contributed by atoms with Gasteiger partial charge in [-0.15, -0.1) is 0 Å². The number of hydrogen-bond donors (Lipinski definition) is 1. The van der Waals surface area contributed by atoms with E-state index in [1.165, 1.54) is 0 Å². The van der Waals surface area contributed by atoms with Crippen LogP contribution in [0.5, 0.6) is 0 Å². The Hall–Kier alpha value is -0.750. The maximum absolute atomic E-state index is 12.1. The highest BCUT2D eigenvalue weighted by molar-refractivity contribution is 5.80. The van der Waals surface area contributed by atoms with E-state index in [1.807, 2.05) is 6.92 Å². The zero-order chi connectivity index (χ0) is 14.9. The number of carbonyl (C=O) groups is 1. The Morgan fingerprint density at radius 1 is 1.37 bits per heavy atom. The number of carbonyl (C=O) groups excluding carboxylic acids is 1. The molecule has 114 valence electrons. The average Bonchev–Trinajstić information content (AvgIpc) is 2.34. The van der Waals surface area contributed by atoms with E-state index in [1.54, 1.807) is 20.8 Å². The van der Waals surface area contributed by atoms with Crippen molar-refractivity contribution in [1.29, 1.82) is 0 Å². The van der Waals surface area contributed by atoms with Gasteiger partial charge in [0, 0.05) is 6.42 Å². The van der Waals surface area contributed by atoms with E-state index in [9.17, 15) is 13.6 Å².